The Morgan fingerprint density at radius 1 is 1.22 bits per heavy atom. The normalized spacial score (nSPS) is 10.6. The number of halogens is 2. The minimum atomic E-state index is -3.05. The molecule has 146 valence electrons. The third-order valence-corrected chi connectivity index (χ3v) is 4.07. The van der Waals surface area contributed by atoms with Crippen LogP contribution in [-0.4, -0.2) is 39.3 Å². The number of carbonyl (C=O) groups excluding carboxylic acids is 1. The highest BCUT2D eigenvalue weighted by Crippen LogP contribution is 2.32. The Bertz CT molecular complexity index is 769. The average molecular weight is 378 g/mol. The lowest BCUT2D eigenvalue weighted by atomic mass is 10.1. The molecule has 1 N–H and O–H groups in total. The Morgan fingerprint density at radius 2 is 1.96 bits per heavy atom. The number of para-hydroxylation sites is 1. The predicted molar refractivity (Wildman–Crippen MR) is 101 cm³/mol. The molecule has 0 aliphatic rings. The van der Waals surface area contributed by atoms with E-state index in [0.29, 0.717) is 13.1 Å². The maximum Gasteiger partial charge on any atom is 0.387 e. The summed E-state index contributed by atoms with van der Waals surface area (Å²) in [6.07, 6.45) is 0. The molecule has 7 heteroatoms. The Labute approximate surface area is 157 Å². The van der Waals surface area contributed by atoms with Gasteiger partial charge in [0, 0.05) is 25.3 Å². The van der Waals surface area contributed by atoms with E-state index >= 15 is 0 Å². The van der Waals surface area contributed by atoms with Gasteiger partial charge in [-0.25, -0.2) is 0 Å². The smallest absolute Gasteiger partial charge is 0.387 e. The van der Waals surface area contributed by atoms with Crippen LogP contribution in [-0.2, 0) is 0 Å². The van der Waals surface area contributed by atoms with Gasteiger partial charge in [0.05, 0.1) is 12.7 Å². The summed E-state index contributed by atoms with van der Waals surface area (Å²) in [6, 6.07) is 12.5. The van der Waals surface area contributed by atoms with Crippen molar-refractivity contribution >= 4 is 11.6 Å². The number of anilines is 1. The highest BCUT2D eigenvalue weighted by atomic mass is 19.3. The molecule has 5 nitrogen and oxygen atoms in total. The Kier molecular flexibility index (Phi) is 7.40. The minimum absolute atomic E-state index is 0.00764. The van der Waals surface area contributed by atoms with Crippen LogP contribution in [0.2, 0.25) is 0 Å². The number of alkyl halides is 2. The summed E-state index contributed by atoms with van der Waals surface area (Å²) < 4.78 is 34.9. The standard InChI is InChI=1S/C20H24F2N2O3/c1-4-24(15-8-5-7-14(2)13-15)12-11-23-19(25)16-9-6-10-17(26-3)18(16)27-20(21)22/h5-10,13,20H,4,11-12H2,1-3H3,(H,23,25). The lowest BCUT2D eigenvalue weighted by Crippen LogP contribution is -2.35. The summed E-state index contributed by atoms with van der Waals surface area (Å²) in [5.41, 5.74) is 2.23. The van der Waals surface area contributed by atoms with Crippen LogP contribution in [0.3, 0.4) is 0 Å². The van der Waals surface area contributed by atoms with Gasteiger partial charge in [-0.2, -0.15) is 8.78 Å². The van der Waals surface area contributed by atoms with Gasteiger partial charge < -0.3 is 19.7 Å². The highest BCUT2D eigenvalue weighted by Gasteiger charge is 2.20. The fraction of sp³-hybridized carbons (Fsp3) is 0.350. The molecule has 0 heterocycles. The van der Waals surface area contributed by atoms with Crippen LogP contribution in [0.5, 0.6) is 11.5 Å². The average Bonchev–Trinajstić information content (AvgIpc) is 2.64. The molecule has 0 saturated carbocycles. The van der Waals surface area contributed by atoms with E-state index in [2.05, 4.69) is 21.0 Å². The Balaban J connectivity index is 2.05. The molecule has 0 radical (unpaired) electrons. The van der Waals surface area contributed by atoms with Gasteiger partial charge in [-0.15, -0.1) is 0 Å². The first-order chi connectivity index (χ1) is 13.0. The molecule has 0 unspecified atom stereocenters. The second-order valence-electron chi connectivity index (χ2n) is 5.89. The molecule has 2 aromatic rings. The van der Waals surface area contributed by atoms with Crippen molar-refractivity contribution in [2.75, 3.05) is 31.6 Å². The first-order valence-corrected chi connectivity index (χ1v) is 8.67. The topological polar surface area (TPSA) is 50.8 Å². The number of carbonyl (C=O) groups is 1. The molecule has 27 heavy (non-hydrogen) atoms. The van der Waals surface area contributed by atoms with Gasteiger partial charge in [0.15, 0.2) is 11.5 Å². The number of benzene rings is 2. The number of amides is 1. The maximum atomic E-state index is 12.7. The number of likely N-dealkylation sites (N-methyl/N-ethyl adjacent to an activating group) is 1. The highest BCUT2D eigenvalue weighted by molar-refractivity contribution is 5.97. The summed E-state index contributed by atoms with van der Waals surface area (Å²) >= 11 is 0. The van der Waals surface area contributed by atoms with E-state index in [9.17, 15) is 13.6 Å². The summed E-state index contributed by atoms with van der Waals surface area (Å²) in [5, 5.41) is 2.75. The summed E-state index contributed by atoms with van der Waals surface area (Å²) in [7, 11) is 1.33. The van der Waals surface area contributed by atoms with Crippen LogP contribution in [0, 0.1) is 6.92 Å². The molecule has 0 bridgehead atoms. The molecule has 2 aromatic carbocycles. The summed E-state index contributed by atoms with van der Waals surface area (Å²) in [4.78, 5) is 14.6. The number of nitrogens with zero attached hydrogens (tertiary/aromatic N) is 1. The molecule has 0 aliphatic carbocycles. The molecule has 0 aliphatic heterocycles. The van der Waals surface area contributed by atoms with Gasteiger partial charge in [0.2, 0.25) is 0 Å². The lowest BCUT2D eigenvalue weighted by Gasteiger charge is -2.23. The van der Waals surface area contributed by atoms with Gasteiger partial charge in [-0.05, 0) is 43.7 Å². The van der Waals surface area contributed by atoms with Crippen molar-refractivity contribution in [3.63, 3.8) is 0 Å². The zero-order valence-electron chi connectivity index (χ0n) is 15.7. The third-order valence-electron chi connectivity index (χ3n) is 4.07. The number of aryl methyl sites for hydroxylation is 1. The van der Waals surface area contributed by atoms with Gasteiger partial charge in [0.1, 0.15) is 0 Å². The number of hydrogen-bond donors (Lipinski definition) is 1. The molecule has 0 spiro atoms. The zero-order valence-corrected chi connectivity index (χ0v) is 15.7. The number of methoxy groups -OCH3 is 1. The van der Waals surface area contributed by atoms with Crippen LogP contribution < -0.4 is 19.7 Å². The quantitative estimate of drug-likeness (QED) is 0.720. The van der Waals surface area contributed by atoms with Crippen LogP contribution in [0.1, 0.15) is 22.8 Å². The first kappa shape index (κ1) is 20.5. The Morgan fingerprint density at radius 3 is 2.59 bits per heavy atom. The van der Waals surface area contributed by atoms with Crippen LogP contribution in [0.4, 0.5) is 14.5 Å². The molecule has 0 fully saturated rings. The minimum Gasteiger partial charge on any atom is -0.493 e. The number of nitrogens with one attached hydrogen (secondary N) is 1. The van der Waals surface area contributed by atoms with Crippen molar-refractivity contribution in [1.82, 2.24) is 5.32 Å². The van der Waals surface area contributed by atoms with Crippen LogP contribution in [0.15, 0.2) is 42.5 Å². The maximum absolute atomic E-state index is 12.7. The van der Waals surface area contributed by atoms with Crippen molar-refractivity contribution in [1.29, 1.82) is 0 Å². The number of hydrogen-bond acceptors (Lipinski definition) is 4. The molecule has 1 amide bonds. The second-order valence-corrected chi connectivity index (χ2v) is 5.89. The second kappa shape index (κ2) is 9.75. The van der Waals surface area contributed by atoms with Gasteiger partial charge >= 0.3 is 6.61 Å². The lowest BCUT2D eigenvalue weighted by molar-refractivity contribution is -0.0515. The Hall–Kier alpha value is -2.83. The summed E-state index contributed by atoms with van der Waals surface area (Å²) in [6.45, 7) is 2.71. The van der Waals surface area contributed by atoms with E-state index in [4.69, 9.17) is 4.74 Å². The fourth-order valence-corrected chi connectivity index (χ4v) is 2.76. The van der Waals surface area contributed by atoms with Crippen molar-refractivity contribution in [3.05, 3.63) is 53.6 Å². The van der Waals surface area contributed by atoms with E-state index in [0.717, 1.165) is 17.8 Å². The van der Waals surface area contributed by atoms with Crippen molar-refractivity contribution < 1.29 is 23.0 Å². The van der Waals surface area contributed by atoms with E-state index in [-0.39, 0.29) is 17.1 Å². The molecular formula is C20H24F2N2O3. The molecule has 2 rings (SSSR count). The summed E-state index contributed by atoms with van der Waals surface area (Å²) in [5.74, 6) is -0.679. The molecule has 0 atom stereocenters. The monoisotopic (exact) mass is 378 g/mol. The van der Waals surface area contributed by atoms with Gasteiger partial charge in [-0.3, -0.25) is 4.79 Å². The van der Waals surface area contributed by atoms with Crippen molar-refractivity contribution in [2.45, 2.75) is 20.5 Å². The van der Waals surface area contributed by atoms with E-state index in [1.165, 1.54) is 19.2 Å². The largest absolute Gasteiger partial charge is 0.493 e. The van der Waals surface area contributed by atoms with Crippen LogP contribution in [0.25, 0.3) is 0 Å². The predicted octanol–water partition coefficient (Wildman–Crippen LogP) is 3.86. The number of ether oxygens (including phenoxy) is 2. The molecule has 0 aromatic heterocycles. The van der Waals surface area contributed by atoms with Crippen molar-refractivity contribution in [3.8, 4) is 11.5 Å². The van der Waals surface area contributed by atoms with Gasteiger partial charge in [-0.1, -0.05) is 18.2 Å². The molecule has 0 saturated heterocycles. The zero-order chi connectivity index (χ0) is 19.8. The fourth-order valence-electron chi connectivity index (χ4n) is 2.76. The first-order valence-electron chi connectivity index (χ1n) is 8.67. The van der Waals surface area contributed by atoms with Gasteiger partial charge in [0.25, 0.3) is 5.91 Å². The van der Waals surface area contributed by atoms with E-state index in [1.54, 1.807) is 6.07 Å². The van der Waals surface area contributed by atoms with E-state index < -0.39 is 12.5 Å². The third kappa shape index (κ3) is 5.57. The molecular weight excluding hydrogens is 354 g/mol. The number of rotatable bonds is 9. The van der Waals surface area contributed by atoms with Crippen LogP contribution >= 0.6 is 0 Å². The van der Waals surface area contributed by atoms with Crippen molar-refractivity contribution in [2.24, 2.45) is 0 Å². The SMILES string of the molecule is CCN(CCNC(=O)c1cccc(OC)c1OC(F)F)c1cccc(C)c1. The van der Waals surface area contributed by atoms with E-state index in [1.807, 2.05) is 32.0 Å².